The minimum Gasteiger partial charge on any atom is -0.495 e. The summed E-state index contributed by atoms with van der Waals surface area (Å²) in [6, 6.07) is 0.137. The summed E-state index contributed by atoms with van der Waals surface area (Å²) < 4.78 is 31.0. The molecule has 1 aromatic rings. The van der Waals surface area contributed by atoms with Crippen LogP contribution < -0.4 is 10.2 Å². The molecule has 86 valence electrons. The van der Waals surface area contributed by atoms with Crippen LogP contribution in [0.25, 0.3) is 0 Å². The number of nitrogens with zero attached hydrogens (tertiary/aromatic N) is 1. The lowest BCUT2D eigenvalue weighted by Crippen LogP contribution is -2.28. The molecule has 0 N–H and O–H groups in total. The van der Waals surface area contributed by atoms with Gasteiger partial charge in [0.1, 0.15) is 13.6 Å². The highest BCUT2D eigenvalue weighted by molar-refractivity contribution is 7.91. The van der Waals surface area contributed by atoms with Gasteiger partial charge in [-0.05, 0) is 23.7 Å². The van der Waals surface area contributed by atoms with Crippen LogP contribution in [0.3, 0.4) is 0 Å². The summed E-state index contributed by atoms with van der Waals surface area (Å²) in [5.74, 6) is 0.262. The molecule has 16 heavy (non-hydrogen) atoms. The van der Waals surface area contributed by atoms with Crippen molar-refractivity contribution in [2.24, 2.45) is 0 Å². The second-order valence-corrected chi connectivity index (χ2v) is 6.84. The van der Waals surface area contributed by atoms with Crippen molar-refractivity contribution >= 4 is 34.7 Å². The third-order valence-electron chi connectivity index (χ3n) is 2.62. The van der Waals surface area contributed by atoms with Crippen LogP contribution in [-0.2, 0) is 10.0 Å². The van der Waals surface area contributed by atoms with Crippen molar-refractivity contribution in [1.82, 2.24) is 4.31 Å². The maximum Gasteiger partial charge on any atom is 0.256 e. The van der Waals surface area contributed by atoms with Crippen molar-refractivity contribution in [2.75, 3.05) is 14.2 Å². The summed E-state index contributed by atoms with van der Waals surface area (Å²) in [5, 5.41) is 1.59. The molecule has 1 aliphatic carbocycles. The van der Waals surface area contributed by atoms with Crippen molar-refractivity contribution < 1.29 is 13.2 Å². The number of methoxy groups -OCH3 is 1. The lowest BCUT2D eigenvalue weighted by molar-refractivity contribution is 0.405. The summed E-state index contributed by atoms with van der Waals surface area (Å²) in [7, 11) is 5.22. The predicted molar refractivity (Wildman–Crippen MR) is 64.2 cm³/mol. The van der Waals surface area contributed by atoms with Gasteiger partial charge in [-0.2, -0.15) is 4.31 Å². The van der Waals surface area contributed by atoms with Gasteiger partial charge in [0.25, 0.3) is 10.0 Å². The van der Waals surface area contributed by atoms with E-state index in [0.29, 0.717) is 5.46 Å². The van der Waals surface area contributed by atoms with E-state index in [1.54, 1.807) is 12.4 Å². The van der Waals surface area contributed by atoms with E-state index < -0.39 is 10.0 Å². The Morgan fingerprint density at radius 2 is 2.19 bits per heavy atom. The Hall–Kier alpha value is -0.525. The van der Waals surface area contributed by atoms with Gasteiger partial charge in [0.15, 0.2) is 4.21 Å². The quantitative estimate of drug-likeness (QED) is 0.730. The minimum absolute atomic E-state index is 0.137. The highest BCUT2D eigenvalue weighted by Crippen LogP contribution is 2.35. The molecule has 0 aromatic carbocycles. The van der Waals surface area contributed by atoms with Gasteiger partial charge in [-0.1, -0.05) is 0 Å². The van der Waals surface area contributed by atoms with Crippen LogP contribution in [0.2, 0.25) is 0 Å². The van der Waals surface area contributed by atoms with Gasteiger partial charge < -0.3 is 4.74 Å². The van der Waals surface area contributed by atoms with Crippen molar-refractivity contribution in [3.8, 4) is 5.75 Å². The summed E-state index contributed by atoms with van der Waals surface area (Å²) in [6.07, 6.45) is 1.86. The Morgan fingerprint density at radius 3 is 2.69 bits per heavy atom. The van der Waals surface area contributed by atoms with Crippen molar-refractivity contribution in [1.29, 1.82) is 0 Å². The molecule has 0 aliphatic heterocycles. The van der Waals surface area contributed by atoms with E-state index in [1.807, 2.05) is 0 Å². The van der Waals surface area contributed by atoms with Crippen LogP contribution in [0.5, 0.6) is 5.75 Å². The van der Waals surface area contributed by atoms with E-state index in [1.165, 1.54) is 11.4 Å². The molecule has 0 bridgehead atoms. The van der Waals surface area contributed by atoms with E-state index in [4.69, 9.17) is 12.6 Å². The number of hydrogen-bond donors (Lipinski definition) is 0. The molecule has 2 rings (SSSR count). The van der Waals surface area contributed by atoms with Gasteiger partial charge in [0, 0.05) is 13.1 Å². The molecular weight excluding hydrogens is 245 g/mol. The zero-order valence-electron chi connectivity index (χ0n) is 9.13. The van der Waals surface area contributed by atoms with Gasteiger partial charge >= 0.3 is 0 Å². The molecule has 1 fully saturated rings. The summed E-state index contributed by atoms with van der Waals surface area (Å²) in [6.45, 7) is 0. The van der Waals surface area contributed by atoms with Crippen molar-refractivity contribution in [2.45, 2.75) is 23.1 Å². The lowest BCUT2D eigenvalue weighted by atomic mass is 10.0. The Balaban J connectivity index is 2.42. The molecule has 1 aromatic heterocycles. The van der Waals surface area contributed by atoms with Crippen LogP contribution in [-0.4, -0.2) is 40.8 Å². The number of sulfonamides is 1. The Labute approximate surface area is 101 Å². The van der Waals surface area contributed by atoms with Gasteiger partial charge in [-0.15, -0.1) is 11.3 Å². The lowest BCUT2D eigenvalue weighted by Gasteiger charge is -2.16. The zero-order chi connectivity index (χ0) is 11.9. The Bertz CT molecular complexity index is 493. The molecule has 0 unspecified atom stereocenters. The number of rotatable bonds is 4. The van der Waals surface area contributed by atoms with Gasteiger partial charge in [0.05, 0.1) is 7.11 Å². The van der Waals surface area contributed by atoms with Crippen molar-refractivity contribution in [3.63, 3.8) is 0 Å². The fourth-order valence-corrected chi connectivity index (χ4v) is 4.42. The summed E-state index contributed by atoms with van der Waals surface area (Å²) >= 11 is 1.10. The van der Waals surface area contributed by atoms with Gasteiger partial charge in [-0.3, -0.25) is 0 Å². The van der Waals surface area contributed by atoms with E-state index in [9.17, 15) is 8.42 Å². The van der Waals surface area contributed by atoms with Crippen LogP contribution in [0.1, 0.15) is 12.8 Å². The van der Waals surface area contributed by atoms with E-state index in [-0.39, 0.29) is 16.0 Å². The normalized spacial score (nSPS) is 16.7. The third-order valence-corrected chi connectivity index (χ3v) is 6.02. The zero-order valence-corrected chi connectivity index (χ0v) is 10.8. The Morgan fingerprint density at radius 1 is 1.56 bits per heavy atom. The first kappa shape index (κ1) is 11.9. The number of hydrogen-bond acceptors (Lipinski definition) is 4. The monoisotopic (exact) mass is 257 g/mol. The van der Waals surface area contributed by atoms with E-state index >= 15 is 0 Å². The molecular formula is C9H12BNO3S2. The highest BCUT2D eigenvalue weighted by Gasteiger charge is 2.37. The Kier molecular flexibility index (Phi) is 3.02. The fraction of sp³-hybridized carbons (Fsp3) is 0.556. The van der Waals surface area contributed by atoms with Gasteiger partial charge in [0.2, 0.25) is 0 Å². The molecule has 0 amide bonds. The van der Waals surface area contributed by atoms with Crippen LogP contribution in [0, 0.1) is 0 Å². The molecule has 4 nitrogen and oxygen atoms in total. The van der Waals surface area contributed by atoms with Gasteiger partial charge in [-0.25, -0.2) is 8.42 Å². The molecule has 7 heteroatoms. The second-order valence-electron chi connectivity index (χ2n) is 3.76. The van der Waals surface area contributed by atoms with Crippen molar-refractivity contribution in [3.05, 3.63) is 5.38 Å². The van der Waals surface area contributed by atoms with Crippen LogP contribution in [0.15, 0.2) is 9.59 Å². The smallest absolute Gasteiger partial charge is 0.256 e. The van der Waals surface area contributed by atoms with Crippen LogP contribution in [0.4, 0.5) is 0 Å². The predicted octanol–water partition coefficient (Wildman–Crippen LogP) is 0.333. The maximum absolute atomic E-state index is 12.2. The molecule has 0 saturated heterocycles. The summed E-state index contributed by atoms with van der Waals surface area (Å²) in [5.41, 5.74) is 0.371. The first-order valence-electron chi connectivity index (χ1n) is 4.87. The summed E-state index contributed by atoms with van der Waals surface area (Å²) in [4.78, 5) is 0. The molecule has 0 atom stereocenters. The average molecular weight is 257 g/mol. The minimum atomic E-state index is -3.45. The first-order valence-corrected chi connectivity index (χ1v) is 7.19. The standard InChI is InChI=1S/C9H12BNO3S2/c1-11(6-3-4-6)16(12,13)9-8(14-2)7(10)5-15-9/h5-6H,3-4H2,1-2H3. The van der Waals surface area contributed by atoms with E-state index in [2.05, 4.69) is 0 Å². The van der Waals surface area contributed by atoms with E-state index in [0.717, 1.165) is 24.2 Å². The number of thiophene rings is 1. The first-order chi connectivity index (χ1) is 7.48. The third kappa shape index (κ3) is 1.87. The maximum atomic E-state index is 12.2. The molecule has 1 heterocycles. The topological polar surface area (TPSA) is 46.6 Å². The average Bonchev–Trinajstić information content (AvgIpc) is 3.00. The SMILES string of the molecule is [B]c1csc(S(=O)(=O)N(C)C2CC2)c1OC. The number of ether oxygens (including phenoxy) is 1. The fourth-order valence-electron chi connectivity index (χ4n) is 1.49. The van der Waals surface area contributed by atoms with Crippen LogP contribution >= 0.6 is 11.3 Å². The molecule has 2 radical (unpaired) electrons. The molecule has 1 aliphatic rings. The second kappa shape index (κ2) is 4.05. The molecule has 1 saturated carbocycles. The highest BCUT2D eigenvalue weighted by atomic mass is 32.2. The molecule has 0 spiro atoms. The largest absolute Gasteiger partial charge is 0.495 e.